The Hall–Kier alpha value is 0.514. The van der Waals surface area contributed by atoms with Crippen LogP contribution in [0.4, 0.5) is 0 Å². The highest BCUT2D eigenvalue weighted by atomic mass is 31.1. The van der Waals surface area contributed by atoms with Crippen LogP contribution in [-0.2, 0) is 12.3 Å². The molecule has 1 unspecified atom stereocenters. The summed E-state index contributed by atoms with van der Waals surface area (Å²) in [4.78, 5) is 0. The van der Waals surface area contributed by atoms with Crippen molar-refractivity contribution >= 4 is 43.0 Å². The van der Waals surface area contributed by atoms with Crippen LogP contribution in [0.25, 0.3) is 0 Å². The van der Waals surface area contributed by atoms with Crippen LogP contribution in [0.5, 0.6) is 0 Å². The molecule has 1 atom stereocenters. The van der Waals surface area contributed by atoms with Crippen molar-refractivity contribution in [2.75, 3.05) is 0 Å². The maximum atomic E-state index is 2.79. The fraction of sp³-hybridized carbons (Fsp3) is 0.833. The van der Waals surface area contributed by atoms with E-state index in [0.29, 0.717) is 20.9 Å². The van der Waals surface area contributed by atoms with Gasteiger partial charge in [0, 0.05) is 0 Å². The van der Waals surface area contributed by atoms with Crippen molar-refractivity contribution in [1.82, 2.24) is 0 Å². The van der Waals surface area contributed by atoms with Gasteiger partial charge in [0.15, 0.2) is 0 Å². The van der Waals surface area contributed by atoms with Crippen LogP contribution in [0.3, 0.4) is 0 Å². The van der Waals surface area contributed by atoms with Gasteiger partial charge in [0.25, 0.3) is 0 Å². The number of benzene rings is 1. The average molecular weight is 617 g/mol. The minimum atomic E-state index is -1.45. The highest BCUT2D eigenvalue weighted by molar-refractivity contribution is 7.60. The Kier molecular flexibility index (Phi) is 9.31. The molecule has 4 saturated carbocycles. The lowest BCUT2D eigenvalue weighted by Crippen LogP contribution is -2.56. The molecule has 0 saturated heterocycles. The second-order valence-corrected chi connectivity index (χ2v) is 35.4. The van der Waals surface area contributed by atoms with Gasteiger partial charge in [-0.2, -0.15) is 0 Å². The van der Waals surface area contributed by atoms with E-state index in [1.807, 2.05) is 0 Å². The third kappa shape index (κ3) is 7.77. The lowest BCUT2D eigenvalue weighted by molar-refractivity contribution is -0.0609. The quantitative estimate of drug-likeness (QED) is 0.191. The van der Waals surface area contributed by atoms with E-state index in [2.05, 4.69) is 107 Å². The summed E-state index contributed by atoms with van der Waals surface area (Å²) in [5.74, 6) is 3.21. The maximum Gasteiger partial charge on any atom is 0.0774 e. The van der Waals surface area contributed by atoms with Crippen LogP contribution >= 0.6 is 16.5 Å². The van der Waals surface area contributed by atoms with Crippen LogP contribution in [0, 0.1) is 23.2 Å². The van der Waals surface area contributed by atoms with Crippen LogP contribution in [0.1, 0.15) is 111 Å². The van der Waals surface area contributed by atoms with Crippen molar-refractivity contribution in [2.45, 2.75) is 167 Å². The molecule has 4 heteroatoms. The Morgan fingerprint density at radius 1 is 0.700 bits per heavy atom. The van der Waals surface area contributed by atoms with Crippen molar-refractivity contribution in [1.29, 1.82) is 0 Å². The number of rotatable bonds is 9. The molecule has 228 valence electrons. The molecule has 0 radical (unpaired) electrons. The Morgan fingerprint density at radius 2 is 1.10 bits per heavy atom. The van der Waals surface area contributed by atoms with Gasteiger partial charge in [0.05, 0.1) is 16.1 Å². The highest BCUT2D eigenvalue weighted by Gasteiger charge is 2.52. The molecule has 1 aromatic carbocycles. The zero-order valence-electron chi connectivity index (χ0n) is 29.2. The second-order valence-electron chi connectivity index (χ2n) is 19.4. The predicted octanol–water partition coefficient (Wildman–Crippen LogP) is 10.9. The summed E-state index contributed by atoms with van der Waals surface area (Å²) < 4.78 is 0. The first kappa shape index (κ1) is 33.4. The van der Waals surface area contributed by atoms with Gasteiger partial charge in [-0.25, -0.2) is 0 Å². The largest absolute Gasteiger partial charge is 0.112 e. The summed E-state index contributed by atoms with van der Waals surface area (Å²) in [6.07, 6.45) is 13.5. The molecule has 4 aliphatic carbocycles. The smallest absolute Gasteiger partial charge is 0.0774 e. The molecule has 4 aliphatic rings. The molecule has 5 rings (SSSR count). The van der Waals surface area contributed by atoms with Gasteiger partial charge < -0.3 is 0 Å². The molecule has 0 N–H and O–H groups in total. The standard InChI is InChI=1S/C36H66P2Si2/c1-33(2,3)38(34(4,5)6)24-30-19-32(40(12,13)14)31(39(9,10)11)18-29(30)23-37-35(7,8)25-36-20-26-15-27(21-36)17-28(16-26)22-36/h18-19,26-28,37H,15-17,20-25H2,1-14H3. The lowest BCUT2D eigenvalue weighted by atomic mass is 9.48. The Bertz CT molecular complexity index is 1010. The third-order valence-electron chi connectivity index (χ3n) is 10.6. The summed E-state index contributed by atoms with van der Waals surface area (Å²) in [6, 6.07) is 5.58. The molecule has 0 heterocycles. The SMILES string of the molecule is CC(C)(CC12CC3CC(CC(C3)C1)C2)PCc1cc([Si](C)(C)C)c([Si](C)(C)C)cc1CP(C(C)(C)C)C(C)(C)C. The van der Waals surface area contributed by atoms with E-state index in [0.717, 1.165) is 26.3 Å². The molecular weight excluding hydrogens is 551 g/mol. The van der Waals surface area contributed by atoms with Gasteiger partial charge in [-0.1, -0.05) is 125 Å². The Labute approximate surface area is 256 Å². The van der Waals surface area contributed by atoms with Gasteiger partial charge in [0.2, 0.25) is 0 Å². The minimum Gasteiger partial charge on any atom is -0.112 e. The fourth-order valence-corrected chi connectivity index (χ4v) is 20.1. The summed E-state index contributed by atoms with van der Waals surface area (Å²) in [5, 5.41) is 4.74. The number of hydrogen-bond donors (Lipinski definition) is 0. The molecule has 0 aromatic heterocycles. The summed E-state index contributed by atoms with van der Waals surface area (Å²) in [7, 11) is -2.01. The van der Waals surface area contributed by atoms with Crippen molar-refractivity contribution in [3.8, 4) is 0 Å². The van der Waals surface area contributed by atoms with Gasteiger partial charge in [-0.05, 0) is 107 Å². The molecule has 40 heavy (non-hydrogen) atoms. The monoisotopic (exact) mass is 616 g/mol. The maximum absolute atomic E-state index is 2.79. The molecule has 0 spiro atoms. The first-order valence-electron chi connectivity index (χ1n) is 16.7. The van der Waals surface area contributed by atoms with Crippen LogP contribution in [-0.4, -0.2) is 31.6 Å². The van der Waals surface area contributed by atoms with Crippen LogP contribution in [0.15, 0.2) is 12.1 Å². The summed E-state index contributed by atoms with van der Waals surface area (Å²) in [6.45, 7) is 35.9. The number of hydrogen-bond acceptors (Lipinski definition) is 0. The predicted molar refractivity (Wildman–Crippen MR) is 194 cm³/mol. The highest BCUT2D eigenvalue weighted by Crippen LogP contribution is 2.64. The van der Waals surface area contributed by atoms with Gasteiger partial charge >= 0.3 is 0 Å². The van der Waals surface area contributed by atoms with Crippen LogP contribution < -0.4 is 10.4 Å². The van der Waals surface area contributed by atoms with Crippen molar-refractivity contribution in [3.63, 3.8) is 0 Å². The van der Waals surface area contributed by atoms with Gasteiger partial charge in [0.1, 0.15) is 0 Å². The van der Waals surface area contributed by atoms with E-state index in [1.54, 1.807) is 60.0 Å². The summed E-state index contributed by atoms with van der Waals surface area (Å²) >= 11 is 0. The van der Waals surface area contributed by atoms with Crippen molar-refractivity contribution in [3.05, 3.63) is 23.3 Å². The second kappa shape index (κ2) is 11.1. The molecule has 1 aromatic rings. The normalized spacial score (nSPS) is 27.9. The summed E-state index contributed by atoms with van der Waals surface area (Å²) in [5.41, 5.74) is 4.15. The molecular formula is C36H66P2Si2. The van der Waals surface area contributed by atoms with E-state index in [9.17, 15) is 0 Å². The zero-order valence-corrected chi connectivity index (χ0v) is 33.1. The van der Waals surface area contributed by atoms with Crippen molar-refractivity contribution in [2.24, 2.45) is 23.2 Å². The van der Waals surface area contributed by atoms with E-state index in [4.69, 9.17) is 0 Å². The molecule has 0 nitrogen and oxygen atoms in total. The fourth-order valence-electron chi connectivity index (χ4n) is 9.73. The molecule has 0 amide bonds. The molecule has 0 aliphatic heterocycles. The Balaban J connectivity index is 1.67. The molecule has 4 fully saturated rings. The van der Waals surface area contributed by atoms with E-state index >= 15 is 0 Å². The van der Waals surface area contributed by atoms with Crippen LogP contribution in [0.2, 0.25) is 39.3 Å². The van der Waals surface area contributed by atoms with Gasteiger partial charge in [-0.15, -0.1) is 8.58 Å². The van der Waals surface area contributed by atoms with E-state index in [1.165, 1.54) is 18.7 Å². The minimum absolute atomic E-state index is 0.153. The topological polar surface area (TPSA) is 0 Å². The zero-order chi connectivity index (χ0) is 30.1. The van der Waals surface area contributed by atoms with E-state index < -0.39 is 16.1 Å². The lowest BCUT2D eigenvalue weighted by Gasteiger charge is -2.58. The first-order valence-corrected chi connectivity index (χ1v) is 26.4. The first-order chi connectivity index (χ1) is 18.0. The average Bonchev–Trinajstić information content (AvgIpc) is 2.71. The Morgan fingerprint density at radius 3 is 1.48 bits per heavy atom. The van der Waals surface area contributed by atoms with E-state index in [-0.39, 0.29) is 7.92 Å². The third-order valence-corrected chi connectivity index (χ3v) is 20.5. The van der Waals surface area contributed by atoms with Crippen molar-refractivity contribution < 1.29 is 0 Å². The molecule has 4 bridgehead atoms. The van der Waals surface area contributed by atoms with Gasteiger partial charge in [-0.3, -0.25) is 0 Å².